The van der Waals surface area contributed by atoms with Crippen LogP contribution in [0.3, 0.4) is 0 Å². The monoisotopic (exact) mass is 227 g/mol. The van der Waals surface area contributed by atoms with Gasteiger partial charge in [-0.25, -0.2) is 0 Å². The zero-order valence-corrected chi connectivity index (χ0v) is 10.2. The number of benzene rings is 1. The third-order valence-corrected chi connectivity index (χ3v) is 3.42. The molecule has 1 N–H and O–H groups in total. The number of rotatable bonds is 1. The van der Waals surface area contributed by atoms with Crippen molar-refractivity contribution < 1.29 is 0 Å². The molecule has 3 nitrogen and oxygen atoms in total. The summed E-state index contributed by atoms with van der Waals surface area (Å²) >= 11 is 0. The molecule has 3 rings (SSSR count). The lowest BCUT2D eigenvalue weighted by molar-refractivity contribution is 0.592. The smallest absolute Gasteiger partial charge is 0.0700 e. The Labute approximate surface area is 101 Å². The third-order valence-electron chi connectivity index (χ3n) is 3.42. The standard InChI is InChI=1S/C14H17N3/c1-10-9-12(14-7-8-17(2)16-14)11-5-3-4-6-13(11)15-10/h3-8,10,12,15H,9H2,1-2H3. The summed E-state index contributed by atoms with van der Waals surface area (Å²) in [6, 6.07) is 11.2. The van der Waals surface area contributed by atoms with Gasteiger partial charge in [-0.2, -0.15) is 5.10 Å². The number of hydrogen-bond acceptors (Lipinski definition) is 2. The van der Waals surface area contributed by atoms with Crippen molar-refractivity contribution in [2.45, 2.75) is 25.3 Å². The maximum Gasteiger partial charge on any atom is 0.0700 e. The highest BCUT2D eigenvalue weighted by molar-refractivity contribution is 5.57. The number of fused-ring (bicyclic) bond motifs is 1. The van der Waals surface area contributed by atoms with Gasteiger partial charge in [0.2, 0.25) is 0 Å². The van der Waals surface area contributed by atoms with Crippen LogP contribution in [0.2, 0.25) is 0 Å². The summed E-state index contributed by atoms with van der Waals surface area (Å²) in [6.45, 7) is 2.23. The minimum Gasteiger partial charge on any atom is -0.382 e. The number of nitrogens with one attached hydrogen (secondary N) is 1. The summed E-state index contributed by atoms with van der Waals surface area (Å²) in [5, 5.41) is 8.09. The van der Waals surface area contributed by atoms with Gasteiger partial charge in [0.1, 0.15) is 0 Å². The third kappa shape index (κ3) is 1.82. The van der Waals surface area contributed by atoms with Crippen molar-refractivity contribution in [1.29, 1.82) is 0 Å². The second-order valence-corrected chi connectivity index (χ2v) is 4.84. The van der Waals surface area contributed by atoms with Crippen LogP contribution < -0.4 is 5.32 Å². The summed E-state index contributed by atoms with van der Waals surface area (Å²) in [7, 11) is 1.97. The highest BCUT2D eigenvalue weighted by Crippen LogP contribution is 2.37. The van der Waals surface area contributed by atoms with Gasteiger partial charge in [0.25, 0.3) is 0 Å². The number of aromatic nitrogens is 2. The van der Waals surface area contributed by atoms with Gasteiger partial charge in [-0.05, 0) is 31.0 Å². The summed E-state index contributed by atoms with van der Waals surface area (Å²) in [5.41, 5.74) is 3.79. The van der Waals surface area contributed by atoms with Gasteiger partial charge in [-0.15, -0.1) is 0 Å². The highest BCUT2D eigenvalue weighted by Gasteiger charge is 2.26. The van der Waals surface area contributed by atoms with Crippen LogP contribution in [0.1, 0.15) is 30.5 Å². The summed E-state index contributed by atoms with van der Waals surface area (Å²) < 4.78 is 1.88. The molecule has 0 radical (unpaired) electrons. The van der Waals surface area contributed by atoms with Gasteiger partial charge >= 0.3 is 0 Å². The van der Waals surface area contributed by atoms with E-state index in [4.69, 9.17) is 0 Å². The molecule has 1 aliphatic heterocycles. The number of para-hydroxylation sites is 1. The summed E-state index contributed by atoms with van der Waals surface area (Å²) in [4.78, 5) is 0. The van der Waals surface area contributed by atoms with Crippen LogP contribution in [0.4, 0.5) is 5.69 Å². The van der Waals surface area contributed by atoms with Crippen LogP contribution in [-0.4, -0.2) is 15.8 Å². The molecule has 17 heavy (non-hydrogen) atoms. The van der Waals surface area contributed by atoms with E-state index in [1.807, 2.05) is 17.9 Å². The first-order valence-corrected chi connectivity index (χ1v) is 6.09. The molecule has 88 valence electrons. The second kappa shape index (κ2) is 3.91. The Balaban J connectivity index is 2.06. The van der Waals surface area contributed by atoms with Crippen molar-refractivity contribution in [1.82, 2.24) is 9.78 Å². The molecule has 0 amide bonds. The Morgan fingerprint density at radius 2 is 2.12 bits per heavy atom. The Hall–Kier alpha value is -1.77. The quantitative estimate of drug-likeness (QED) is 0.811. The topological polar surface area (TPSA) is 29.9 Å². The first-order valence-electron chi connectivity index (χ1n) is 6.09. The molecular formula is C14H17N3. The second-order valence-electron chi connectivity index (χ2n) is 4.84. The lowest BCUT2D eigenvalue weighted by atomic mass is 9.85. The Morgan fingerprint density at radius 3 is 2.88 bits per heavy atom. The molecule has 0 fully saturated rings. The Morgan fingerprint density at radius 1 is 1.29 bits per heavy atom. The Bertz CT molecular complexity index is 530. The molecule has 1 aromatic carbocycles. The SMILES string of the molecule is CC1CC(c2ccn(C)n2)c2ccccc2N1. The molecule has 2 heterocycles. The highest BCUT2D eigenvalue weighted by atomic mass is 15.2. The van der Waals surface area contributed by atoms with E-state index in [0.29, 0.717) is 12.0 Å². The van der Waals surface area contributed by atoms with Gasteiger partial charge in [0.15, 0.2) is 0 Å². The predicted octanol–water partition coefficient (Wildman–Crippen LogP) is 2.76. The van der Waals surface area contributed by atoms with Crippen molar-refractivity contribution in [3.8, 4) is 0 Å². The van der Waals surface area contributed by atoms with Crippen molar-refractivity contribution in [3.63, 3.8) is 0 Å². The average molecular weight is 227 g/mol. The van der Waals surface area contributed by atoms with Crippen LogP contribution in [0.5, 0.6) is 0 Å². The number of aryl methyl sites for hydroxylation is 1. The molecular weight excluding hydrogens is 210 g/mol. The normalized spacial score (nSPS) is 22.9. The molecule has 0 aliphatic carbocycles. The van der Waals surface area contributed by atoms with E-state index < -0.39 is 0 Å². The van der Waals surface area contributed by atoms with Crippen molar-refractivity contribution >= 4 is 5.69 Å². The largest absolute Gasteiger partial charge is 0.382 e. The lowest BCUT2D eigenvalue weighted by Crippen LogP contribution is -2.26. The minimum absolute atomic E-state index is 0.420. The maximum absolute atomic E-state index is 4.56. The molecule has 1 aromatic heterocycles. The summed E-state index contributed by atoms with van der Waals surface area (Å²) in [6.07, 6.45) is 3.12. The molecule has 0 saturated heterocycles. The fourth-order valence-electron chi connectivity index (χ4n) is 2.64. The number of hydrogen-bond donors (Lipinski definition) is 1. The molecule has 1 aliphatic rings. The van der Waals surface area contributed by atoms with Gasteiger partial charge < -0.3 is 5.32 Å². The summed E-state index contributed by atoms with van der Waals surface area (Å²) in [5.74, 6) is 0.420. The fourth-order valence-corrected chi connectivity index (χ4v) is 2.64. The van der Waals surface area contributed by atoms with E-state index in [1.54, 1.807) is 0 Å². The molecule has 2 unspecified atom stereocenters. The van der Waals surface area contributed by atoms with Crippen LogP contribution >= 0.6 is 0 Å². The van der Waals surface area contributed by atoms with Crippen molar-refractivity contribution in [3.05, 3.63) is 47.8 Å². The van der Waals surface area contributed by atoms with E-state index in [2.05, 4.69) is 47.7 Å². The van der Waals surface area contributed by atoms with Crippen molar-refractivity contribution in [2.24, 2.45) is 7.05 Å². The molecule has 0 saturated carbocycles. The van der Waals surface area contributed by atoms with E-state index >= 15 is 0 Å². The first-order chi connectivity index (χ1) is 8.24. The van der Waals surface area contributed by atoms with Crippen LogP contribution in [0.15, 0.2) is 36.5 Å². The zero-order valence-electron chi connectivity index (χ0n) is 10.2. The predicted molar refractivity (Wildman–Crippen MR) is 69.2 cm³/mol. The van der Waals surface area contributed by atoms with Gasteiger partial charge in [0.05, 0.1) is 5.69 Å². The van der Waals surface area contributed by atoms with Crippen LogP contribution in [0, 0.1) is 0 Å². The molecule has 0 spiro atoms. The van der Waals surface area contributed by atoms with Gasteiger partial charge in [-0.3, -0.25) is 4.68 Å². The zero-order chi connectivity index (χ0) is 11.8. The minimum atomic E-state index is 0.420. The fraction of sp³-hybridized carbons (Fsp3) is 0.357. The average Bonchev–Trinajstić information content (AvgIpc) is 2.74. The van der Waals surface area contributed by atoms with E-state index in [-0.39, 0.29) is 0 Å². The molecule has 2 aromatic rings. The Kier molecular flexibility index (Phi) is 2.39. The van der Waals surface area contributed by atoms with E-state index in [1.165, 1.54) is 16.9 Å². The van der Waals surface area contributed by atoms with E-state index in [0.717, 1.165) is 6.42 Å². The maximum atomic E-state index is 4.56. The first kappa shape index (κ1) is 10.4. The van der Waals surface area contributed by atoms with Crippen LogP contribution in [-0.2, 0) is 7.05 Å². The van der Waals surface area contributed by atoms with Crippen LogP contribution in [0.25, 0.3) is 0 Å². The van der Waals surface area contributed by atoms with E-state index in [9.17, 15) is 0 Å². The molecule has 0 bridgehead atoms. The van der Waals surface area contributed by atoms with Crippen molar-refractivity contribution in [2.75, 3.05) is 5.32 Å². The number of nitrogens with zero attached hydrogens (tertiary/aromatic N) is 2. The molecule has 3 heteroatoms. The van der Waals surface area contributed by atoms with Gasteiger partial charge in [0, 0.05) is 30.9 Å². The molecule has 2 atom stereocenters. The number of anilines is 1. The van der Waals surface area contributed by atoms with Gasteiger partial charge in [-0.1, -0.05) is 18.2 Å². The lowest BCUT2D eigenvalue weighted by Gasteiger charge is -2.30.